The van der Waals surface area contributed by atoms with Crippen LogP contribution in [0.1, 0.15) is 6.92 Å². The third-order valence-electron chi connectivity index (χ3n) is 4.49. The lowest BCUT2D eigenvalue weighted by molar-refractivity contribution is 0.598. The van der Waals surface area contributed by atoms with Crippen LogP contribution in [0.3, 0.4) is 0 Å². The zero-order chi connectivity index (χ0) is 19.6. The van der Waals surface area contributed by atoms with E-state index in [0.29, 0.717) is 17.9 Å². The Morgan fingerprint density at radius 2 is 1.22 bits per heavy atom. The van der Waals surface area contributed by atoms with Crippen LogP contribution in [-0.4, -0.2) is 43.0 Å². The molecule has 0 atom stereocenters. The fraction of sp³-hybridized carbons (Fsp3) is 0.286. The van der Waals surface area contributed by atoms with Gasteiger partial charge in [-0.1, -0.05) is 24.3 Å². The molecule has 6 heteroatoms. The Balaban J connectivity index is 2.15. The van der Waals surface area contributed by atoms with Crippen molar-refractivity contribution in [1.82, 2.24) is 14.8 Å². The van der Waals surface area contributed by atoms with Gasteiger partial charge in [-0.05, 0) is 31.2 Å². The minimum atomic E-state index is -0.335. The minimum Gasteiger partial charge on any atom is -0.378 e. The molecule has 0 N–H and O–H groups in total. The van der Waals surface area contributed by atoms with Gasteiger partial charge in [-0.3, -0.25) is 0 Å². The van der Waals surface area contributed by atoms with E-state index in [1.165, 1.54) is 4.68 Å². The summed E-state index contributed by atoms with van der Waals surface area (Å²) in [6.07, 6.45) is 0. The molecule has 3 aromatic rings. The molecule has 0 spiro atoms. The van der Waals surface area contributed by atoms with E-state index in [4.69, 9.17) is 0 Å². The maximum absolute atomic E-state index is 12.3. The third kappa shape index (κ3) is 3.84. The van der Waals surface area contributed by atoms with Crippen molar-refractivity contribution in [2.24, 2.45) is 0 Å². The van der Waals surface area contributed by atoms with Crippen molar-refractivity contribution in [3.05, 3.63) is 59.0 Å². The molecule has 0 aliphatic rings. The smallest absolute Gasteiger partial charge is 0.364 e. The van der Waals surface area contributed by atoms with Gasteiger partial charge >= 0.3 is 5.69 Å². The number of nitrogens with zero attached hydrogens (tertiary/aromatic N) is 5. The third-order valence-corrected chi connectivity index (χ3v) is 4.49. The normalized spacial score (nSPS) is 10.7. The molecule has 1 aromatic heterocycles. The van der Waals surface area contributed by atoms with Crippen LogP contribution in [0.4, 0.5) is 11.4 Å². The molecule has 0 aliphatic carbocycles. The monoisotopic (exact) mass is 363 g/mol. The zero-order valence-electron chi connectivity index (χ0n) is 16.5. The molecule has 0 fully saturated rings. The van der Waals surface area contributed by atoms with Gasteiger partial charge in [0.1, 0.15) is 11.4 Å². The Morgan fingerprint density at radius 3 is 1.63 bits per heavy atom. The van der Waals surface area contributed by atoms with Crippen molar-refractivity contribution in [2.75, 3.05) is 38.0 Å². The molecule has 1 heterocycles. The molecule has 0 amide bonds. The van der Waals surface area contributed by atoms with Crippen molar-refractivity contribution < 1.29 is 0 Å². The number of aromatic nitrogens is 3. The predicted octanol–water partition coefficient (Wildman–Crippen LogP) is 3.12. The minimum absolute atomic E-state index is 0.335. The number of anilines is 2. The topological polar surface area (TPSA) is 54.3 Å². The molecule has 6 nitrogen and oxygen atoms in total. The van der Waals surface area contributed by atoms with Gasteiger partial charge < -0.3 is 9.80 Å². The summed E-state index contributed by atoms with van der Waals surface area (Å²) in [4.78, 5) is 20.7. The number of rotatable bonds is 5. The fourth-order valence-corrected chi connectivity index (χ4v) is 2.85. The Hall–Kier alpha value is -3.15. The lowest BCUT2D eigenvalue weighted by Gasteiger charge is -2.15. The van der Waals surface area contributed by atoms with Crippen molar-refractivity contribution in [2.45, 2.75) is 13.5 Å². The SMILES string of the molecule is CCn1nc(-c2ccc(N(C)C)cc2)c(-c2ccc(N(C)C)cc2)nc1=O. The molecule has 140 valence electrons. The summed E-state index contributed by atoms with van der Waals surface area (Å²) in [7, 11) is 8.00. The zero-order valence-corrected chi connectivity index (χ0v) is 16.5. The Bertz CT molecular complexity index is 973. The van der Waals surface area contributed by atoms with Crippen LogP contribution in [0.2, 0.25) is 0 Å². The Kier molecular flexibility index (Phi) is 5.26. The van der Waals surface area contributed by atoms with Crippen LogP contribution in [0, 0.1) is 0 Å². The Morgan fingerprint density at radius 1 is 0.778 bits per heavy atom. The summed E-state index contributed by atoms with van der Waals surface area (Å²) in [5.41, 5.74) is 4.98. The molecule has 0 saturated carbocycles. The van der Waals surface area contributed by atoms with E-state index in [-0.39, 0.29) is 5.69 Å². The summed E-state index contributed by atoms with van der Waals surface area (Å²) in [5, 5.41) is 4.59. The molecule has 0 saturated heterocycles. The molecular weight excluding hydrogens is 338 g/mol. The van der Waals surface area contributed by atoms with E-state index < -0.39 is 0 Å². The number of hydrogen-bond acceptors (Lipinski definition) is 5. The molecule has 27 heavy (non-hydrogen) atoms. The molecule has 0 aliphatic heterocycles. The summed E-state index contributed by atoms with van der Waals surface area (Å²) < 4.78 is 1.40. The van der Waals surface area contributed by atoms with Crippen LogP contribution < -0.4 is 15.5 Å². The van der Waals surface area contributed by atoms with Crippen LogP contribution in [0.5, 0.6) is 0 Å². The second-order valence-electron chi connectivity index (χ2n) is 6.79. The predicted molar refractivity (Wildman–Crippen MR) is 111 cm³/mol. The molecular formula is C21H25N5O. The molecule has 2 aromatic carbocycles. The average Bonchev–Trinajstić information content (AvgIpc) is 2.68. The highest BCUT2D eigenvalue weighted by molar-refractivity contribution is 5.78. The van der Waals surface area contributed by atoms with Gasteiger partial charge in [0.05, 0.1) is 0 Å². The standard InChI is InChI=1S/C21H25N5O/c1-6-26-21(27)22-19(15-7-11-17(12-8-15)24(2)3)20(23-26)16-9-13-18(14-10-16)25(4)5/h7-14H,6H2,1-5H3. The van der Waals surface area contributed by atoms with E-state index >= 15 is 0 Å². The van der Waals surface area contributed by atoms with Gasteiger partial charge in [-0.25, -0.2) is 9.48 Å². The summed E-state index contributed by atoms with van der Waals surface area (Å²) in [6.45, 7) is 2.37. The van der Waals surface area contributed by atoms with Gasteiger partial charge in [0, 0.05) is 57.2 Å². The van der Waals surface area contributed by atoms with Gasteiger partial charge in [0.2, 0.25) is 0 Å². The molecule has 0 radical (unpaired) electrons. The maximum Gasteiger partial charge on any atom is 0.364 e. The van der Waals surface area contributed by atoms with Crippen LogP contribution in [-0.2, 0) is 6.54 Å². The summed E-state index contributed by atoms with van der Waals surface area (Å²) >= 11 is 0. The van der Waals surface area contributed by atoms with Crippen molar-refractivity contribution in [3.8, 4) is 22.5 Å². The first kappa shape index (κ1) is 18.6. The van der Waals surface area contributed by atoms with Gasteiger partial charge in [-0.15, -0.1) is 0 Å². The van der Waals surface area contributed by atoms with Gasteiger partial charge in [-0.2, -0.15) is 10.1 Å². The first-order valence-electron chi connectivity index (χ1n) is 8.95. The lowest BCUT2D eigenvalue weighted by atomic mass is 10.0. The largest absolute Gasteiger partial charge is 0.378 e. The average molecular weight is 363 g/mol. The quantitative estimate of drug-likeness (QED) is 0.697. The van der Waals surface area contributed by atoms with Crippen molar-refractivity contribution in [1.29, 1.82) is 0 Å². The summed E-state index contributed by atoms with van der Waals surface area (Å²) in [5.74, 6) is 0. The van der Waals surface area contributed by atoms with E-state index in [0.717, 1.165) is 22.5 Å². The second-order valence-corrected chi connectivity index (χ2v) is 6.79. The van der Waals surface area contributed by atoms with Crippen molar-refractivity contribution >= 4 is 11.4 Å². The first-order chi connectivity index (χ1) is 12.9. The lowest BCUT2D eigenvalue weighted by Crippen LogP contribution is -2.26. The van der Waals surface area contributed by atoms with Crippen LogP contribution >= 0.6 is 0 Å². The Labute approximate surface area is 159 Å². The molecule has 0 unspecified atom stereocenters. The van der Waals surface area contributed by atoms with Gasteiger partial charge in [0.15, 0.2) is 0 Å². The van der Waals surface area contributed by atoms with E-state index in [9.17, 15) is 4.79 Å². The molecule has 3 rings (SSSR count). The highest BCUT2D eigenvalue weighted by atomic mass is 16.1. The highest BCUT2D eigenvalue weighted by Crippen LogP contribution is 2.29. The summed E-state index contributed by atoms with van der Waals surface area (Å²) in [6, 6.07) is 16.1. The number of benzene rings is 2. The first-order valence-corrected chi connectivity index (χ1v) is 8.95. The van der Waals surface area contributed by atoms with E-state index in [2.05, 4.69) is 10.1 Å². The van der Waals surface area contributed by atoms with Crippen LogP contribution in [0.25, 0.3) is 22.5 Å². The number of hydrogen-bond donors (Lipinski definition) is 0. The molecule has 0 bridgehead atoms. The van der Waals surface area contributed by atoms with Crippen LogP contribution in [0.15, 0.2) is 53.3 Å². The number of aryl methyl sites for hydroxylation is 1. The van der Waals surface area contributed by atoms with Gasteiger partial charge in [0.25, 0.3) is 0 Å². The van der Waals surface area contributed by atoms with Crippen molar-refractivity contribution in [3.63, 3.8) is 0 Å². The fourth-order valence-electron chi connectivity index (χ4n) is 2.85. The second kappa shape index (κ2) is 7.61. The highest BCUT2D eigenvalue weighted by Gasteiger charge is 2.15. The van der Waals surface area contributed by atoms with E-state index in [1.807, 2.05) is 93.4 Å². The van der Waals surface area contributed by atoms with E-state index in [1.54, 1.807) is 0 Å². The maximum atomic E-state index is 12.3.